The van der Waals surface area contributed by atoms with E-state index in [1.807, 2.05) is 19.3 Å². The number of hydrogen-bond donors (Lipinski definition) is 0. The predicted molar refractivity (Wildman–Crippen MR) is 133 cm³/mol. The summed E-state index contributed by atoms with van der Waals surface area (Å²) < 4.78 is 0. The Bertz CT molecular complexity index is 725. The first-order valence-electron chi connectivity index (χ1n) is 10.3. The maximum atomic E-state index is 3.19. The van der Waals surface area contributed by atoms with Crippen molar-refractivity contribution >= 4 is 35.2 Å². The minimum Gasteiger partial charge on any atom is -0.200 e. The van der Waals surface area contributed by atoms with Gasteiger partial charge in [0, 0.05) is 0 Å². The minimum atomic E-state index is -0.913. The van der Waals surface area contributed by atoms with E-state index >= 15 is 0 Å². The van der Waals surface area contributed by atoms with Gasteiger partial charge in [-0.3, -0.25) is 0 Å². The molecule has 0 radical (unpaired) electrons. The molecule has 0 unspecified atom stereocenters. The van der Waals surface area contributed by atoms with Gasteiger partial charge >= 0.3 is 0 Å². The van der Waals surface area contributed by atoms with Crippen molar-refractivity contribution in [1.29, 1.82) is 0 Å². The van der Waals surface area contributed by atoms with Crippen LogP contribution >= 0.6 is 0 Å². The van der Waals surface area contributed by atoms with Gasteiger partial charge in [-0.25, -0.2) is 0 Å². The van der Waals surface area contributed by atoms with Crippen molar-refractivity contribution in [2.75, 3.05) is 0 Å². The normalized spacial score (nSPS) is 10.6. The second-order valence-electron chi connectivity index (χ2n) is 7.64. The predicted octanol–water partition coefficient (Wildman–Crippen LogP) is 4.88. The van der Waals surface area contributed by atoms with Crippen LogP contribution in [-0.4, -0.2) is 6.15 Å². The van der Waals surface area contributed by atoms with Crippen LogP contribution in [0, 0.1) is 0 Å². The topological polar surface area (TPSA) is 0 Å². The third kappa shape index (κ3) is 5.66. The SMILES string of the molecule is CC(C)=C[SH2+].CCCC[B-](c1ccccc1)(c1ccccc1)c1ccccc1. The van der Waals surface area contributed by atoms with Crippen LogP contribution in [0.2, 0.25) is 6.32 Å². The molecule has 0 fully saturated rings. The molecule has 0 aliphatic rings. The first kappa shape index (κ1) is 22.1. The summed E-state index contributed by atoms with van der Waals surface area (Å²) in [5.74, 6) is 0. The van der Waals surface area contributed by atoms with E-state index in [2.05, 4.69) is 111 Å². The monoisotopic (exact) mass is 388 g/mol. The van der Waals surface area contributed by atoms with Crippen LogP contribution in [0.15, 0.2) is 102 Å². The fourth-order valence-electron chi connectivity index (χ4n) is 3.93. The summed E-state index contributed by atoms with van der Waals surface area (Å²) in [6, 6.07) is 33.2. The van der Waals surface area contributed by atoms with E-state index in [1.165, 1.54) is 41.1 Å². The third-order valence-corrected chi connectivity index (χ3v) is 5.96. The number of unbranched alkanes of at least 4 members (excludes halogenated alkanes) is 1. The number of benzene rings is 3. The van der Waals surface area contributed by atoms with E-state index < -0.39 is 6.15 Å². The van der Waals surface area contributed by atoms with Crippen molar-refractivity contribution in [2.24, 2.45) is 0 Å². The maximum Gasteiger partial charge on any atom is 0.113 e. The van der Waals surface area contributed by atoms with E-state index in [4.69, 9.17) is 0 Å². The first-order chi connectivity index (χ1) is 13.6. The second-order valence-corrected chi connectivity index (χ2v) is 7.93. The molecule has 0 bridgehead atoms. The zero-order valence-electron chi connectivity index (χ0n) is 17.4. The lowest BCUT2D eigenvalue weighted by molar-refractivity contribution is 0.874. The van der Waals surface area contributed by atoms with Crippen molar-refractivity contribution in [3.63, 3.8) is 0 Å². The molecule has 0 aromatic heterocycles. The second kappa shape index (κ2) is 11.6. The van der Waals surface area contributed by atoms with Gasteiger partial charge in [-0.15, -0.1) is 0 Å². The summed E-state index contributed by atoms with van der Waals surface area (Å²) in [6.07, 6.45) is 2.73. The van der Waals surface area contributed by atoms with Crippen LogP contribution < -0.4 is 16.4 Å². The molecule has 0 saturated heterocycles. The molecule has 3 rings (SSSR count). The Morgan fingerprint density at radius 2 is 1.04 bits per heavy atom. The molecule has 0 atom stereocenters. The van der Waals surface area contributed by atoms with Gasteiger partial charge < -0.3 is 0 Å². The van der Waals surface area contributed by atoms with Crippen molar-refractivity contribution in [3.8, 4) is 0 Å². The van der Waals surface area contributed by atoms with Gasteiger partial charge in [0.15, 0.2) is 0 Å². The molecule has 3 aromatic rings. The average Bonchev–Trinajstić information content (AvgIpc) is 2.77. The van der Waals surface area contributed by atoms with Crippen molar-refractivity contribution in [2.45, 2.75) is 39.9 Å². The smallest absolute Gasteiger partial charge is 0.113 e. The third-order valence-electron chi connectivity index (χ3n) is 5.39. The van der Waals surface area contributed by atoms with Crippen LogP contribution in [0.5, 0.6) is 0 Å². The molecular formula is C26H33BS. The molecule has 146 valence electrons. The molecular weight excluding hydrogens is 355 g/mol. The summed E-state index contributed by atoms with van der Waals surface area (Å²) in [5.41, 5.74) is 5.62. The highest BCUT2D eigenvalue weighted by molar-refractivity contribution is 7.62. The standard InChI is InChI=1S/C22H24B.C4H8S/c1-2-3-19-23(20-13-7-4-8-14-20,21-15-9-5-10-16-21)22-17-11-6-12-18-22;1-4(2)3-5/h4-18H,2-3,19H2,1H3;3,5H,1-2H3/q-1;/p+1. The molecule has 0 nitrogen and oxygen atoms in total. The molecule has 0 saturated carbocycles. The highest BCUT2D eigenvalue weighted by atomic mass is 32.1. The number of rotatable bonds is 6. The zero-order chi connectivity index (χ0) is 20.2. The van der Waals surface area contributed by atoms with Crippen LogP contribution in [0.3, 0.4) is 0 Å². The van der Waals surface area contributed by atoms with Gasteiger partial charge in [0.1, 0.15) is 5.41 Å². The van der Waals surface area contributed by atoms with E-state index in [-0.39, 0.29) is 0 Å². The molecule has 0 aliphatic carbocycles. The summed E-state index contributed by atoms with van der Waals surface area (Å²) >= 11 is 3.19. The van der Waals surface area contributed by atoms with Gasteiger partial charge in [-0.05, 0) is 32.0 Å². The van der Waals surface area contributed by atoms with Crippen LogP contribution in [0.1, 0.15) is 33.6 Å². The summed E-state index contributed by atoms with van der Waals surface area (Å²) in [6.45, 7) is 6.35. The highest BCUT2D eigenvalue weighted by Gasteiger charge is 2.28. The Labute approximate surface area is 177 Å². The van der Waals surface area contributed by atoms with Crippen LogP contribution in [0.25, 0.3) is 0 Å². The van der Waals surface area contributed by atoms with Gasteiger partial charge in [0.05, 0.1) is 6.15 Å². The molecule has 2 heteroatoms. The van der Waals surface area contributed by atoms with Crippen LogP contribution in [0.4, 0.5) is 0 Å². The summed E-state index contributed by atoms with van der Waals surface area (Å²) in [5, 5.41) is 1.89. The van der Waals surface area contributed by atoms with E-state index in [9.17, 15) is 0 Å². The van der Waals surface area contributed by atoms with Crippen molar-refractivity contribution < 1.29 is 0 Å². The van der Waals surface area contributed by atoms with E-state index in [0.717, 1.165) is 0 Å². The number of allylic oxidation sites excluding steroid dienone is 1. The van der Waals surface area contributed by atoms with Crippen LogP contribution in [-0.2, 0) is 12.6 Å². The Kier molecular flexibility index (Phi) is 9.17. The Morgan fingerprint density at radius 1 is 0.714 bits per heavy atom. The van der Waals surface area contributed by atoms with Crippen molar-refractivity contribution in [1.82, 2.24) is 0 Å². The largest absolute Gasteiger partial charge is 0.200 e. The Morgan fingerprint density at radius 3 is 1.29 bits per heavy atom. The Hall–Kier alpha value is -2.19. The van der Waals surface area contributed by atoms with Gasteiger partial charge in [0.2, 0.25) is 0 Å². The quantitative estimate of drug-likeness (QED) is 0.417. The molecule has 28 heavy (non-hydrogen) atoms. The van der Waals surface area contributed by atoms with Crippen molar-refractivity contribution in [3.05, 3.63) is 102 Å². The lowest BCUT2D eigenvalue weighted by Gasteiger charge is -2.43. The summed E-state index contributed by atoms with van der Waals surface area (Å²) in [4.78, 5) is 0. The van der Waals surface area contributed by atoms with E-state index in [1.54, 1.807) is 0 Å². The highest BCUT2D eigenvalue weighted by Crippen LogP contribution is 2.16. The lowest BCUT2D eigenvalue weighted by Crippen LogP contribution is -2.66. The fraction of sp³-hybridized carbons (Fsp3) is 0.231. The zero-order valence-corrected chi connectivity index (χ0v) is 18.4. The first-order valence-corrected chi connectivity index (χ1v) is 10.9. The maximum absolute atomic E-state index is 3.19. The molecule has 0 heterocycles. The average molecular weight is 388 g/mol. The van der Waals surface area contributed by atoms with Gasteiger partial charge in [0.25, 0.3) is 0 Å². The van der Waals surface area contributed by atoms with E-state index in [0.29, 0.717) is 0 Å². The molecule has 3 aromatic carbocycles. The Balaban J connectivity index is 0.000000500. The minimum absolute atomic E-state index is 0.913. The molecule has 0 spiro atoms. The molecule has 0 amide bonds. The van der Waals surface area contributed by atoms with Gasteiger partial charge in [-0.1, -0.05) is 111 Å². The summed E-state index contributed by atoms with van der Waals surface area (Å²) in [7, 11) is 0. The lowest BCUT2D eigenvalue weighted by atomic mass is 9.14. The fourth-order valence-corrected chi connectivity index (χ4v) is 3.93. The molecule has 0 N–H and O–H groups in total. The molecule has 0 aliphatic heterocycles. The number of hydrogen-bond acceptors (Lipinski definition) is 0. The van der Waals surface area contributed by atoms with Gasteiger partial charge in [-0.2, -0.15) is 22.7 Å².